The minimum Gasteiger partial charge on any atom is -0.481 e. The van der Waals surface area contributed by atoms with Gasteiger partial charge in [-0.1, -0.05) is 6.92 Å². The van der Waals surface area contributed by atoms with E-state index in [0.29, 0.717) is 32.2 Å². The molecule has 0 spiro atoms. The molecule has 0 aromatic carbocycles. The lowest BCUT2D eigenvalue weighted by molar-refractivity contribution is -0.142. The fourth-order valence-corrected chi connectivity index (χ4v) is 3.10. The molecule has 2 heterocycles. The molecule has 2 rings (SSSR count). The van der Waals surface area contributed by atoms with E-state index in [1.54, 1.807) is 16.8 Å². The van der Waals surface area contributed by atoms with E-state index < -0.39 is 11.9 Å². The van der Waals surface area contributed by atoms with Crippen molar-refractivity contribution in [1.82, 2.24) is 9.80 Å². The first-order valence-corrected chi connectivity index (χ1v) is 7.29. The minimum absolute atomic E-state index is 0.0165. The first kappa shape index (κ1) is 15.1. The normalized spacial score (nSPS) is 30.3. The number of amides is 2. The number of carboxylic acids is 1. The van der Waals surface area contributed by atoms with E-state index >= 15 is 0 Å². The van der Waals surface area contributed by atoms with Gasteiger partial charge in [-0.2, -0.15) is 0 Å². The van der Waals surface area contributed by atoms with Crippen molar-refractivity contribution < 1.29 is 19.4 Å². The van der Waals surface area contributed by atoms with E-state index in [1.807, 2.05) is 6.92 Å². The number of ether oxygens (including phenoxy) is 1. The van der Waals surface area contributed by atoms with Gasteiger partial charge in [0.05, 0.1) is 12.5 Å². The van der Waals surface area contributed by atoms with Crippen LogP contribution in [0.15, 0.2) is 0 Å². The average Bonchev–Trinajstić information content (AvgIpc) is 2.81. The zero-order valence-corrected chi connectivity index (χ0v) is 12.2. The van der Waals surface area contributed by atoms with Crippen molar-refractivity contribution in [2.75, 3.05) is 39.9 Å². The molecule has 3 atom stereocenters. The summed E-state index contributed by atoms with van der Waals surface area (Å²) < 4.78 is 5.42. The summed E-state index contributed by atoms with van der Waals surface area (Å²) in [5, 5.41) is 9.11. The second kappa shape index (κ2) is 6.43. The molecular formula is C14H24N2O4. The molecule has 0 aromatic rings. The Morgan fingerprint density at radius 2 is 2.15 bits per heavy atom. The zero-order valence-electron chi connectivity index (χ0n) is 12.2. The summed E-state index contributed by atoms with van der Waals surface area (Å²) in [5.41, 5.74) is 0. The standard InChI is InChI=1S/C14H24N2O4/c1-10-6-16(8-12(10)13(17)18)14(19)15(2)7-11-4-3-5-20-9-11/h10-12H,3-9H2,1-2H3,(H,17,18)/t10-,11?,12-/m1/s1. The maximum atomic E-state index is 12.4. The molecule has 2 aliphatic heterocycles. The van der Waals surface area contributed by atoms with Crippen LogP contribution in [0.2, 0.25) is 0 Å². The number of hydrogen-bond acceptors (Lipinski definition) is 3. The summed E-state index contributed by atoms with van der Waals surface area (Å²) in [6.45, 7) is 4.95. The molecule has 1 unspecified atom stereocenters. The highest BCUT2D eigenvalue weighted by atomic mass is 16.5. The molecular weight excluding hydrogens is 260 g/mol. The van der Waals surface area contributed by atoms with Gasteiger partial charge in [0.15, 0.2) is 0 Å². The number of rotatable bonds is 3. The Balaban J connectivity index is 1.85. The molecule has 114 valence electrons. The predicted octanol–water partition coefficient (Wildman–Crippen LogP) is 1.12. The van der Waals surface area contributed by atoms with Crippen LogP contribution in [0.1, 0.15) is 19.8 Å². The van der Waals surface area contributed by atoms with Gasteiger partial charge in [0.25, 0.3) is 0 Å². The lowest BCUT2D eigenvalue weighted by atomic mass is 9.99. The SMILES string of the molecule is C[C@@H]1CN(C(=O)N(C)CC2CCCOC2)C[C@H]1C(=O)O. The van der Waals surface area contributed by atoms with E-state index in [-0.39, 0.29) is 11.9 Å². The Hall–Kier alpha value is -1.30. The van der Waals surface area contributed by atoms with Crippen molar-refractivity contribution >= 4 is 12.0 Å². The number of likely N-dealkylation sites (tertiary alicyclic amines) is 1. The van der Waals surface area contributed by atoms with Gasteiger partial charge in [0, 0.05) is 39.2 Å². The summed E-state index contributed by atoms with van der Waals surface area (Å²) in [6.07, 6.45) is 2.14. The highest BCUT2D eigenvalue weighted by Crippen LogP contribution is 2.24. The molecule has 2 aliphatic rings. The number of urea groups is 1. The molecule has 6 heteroatoms. The smallest absolute Gasteiger partial charge is 0.319 e. The van der Waals surface area contributed by atoms with Crippen LogP contribution in [0, 0.1) is 17.8 Å². The van der Waals surface area contributed by atoms with E-state index in [2.05, 4.69) is 0 Å². The van der Waals surface area contributed by atoms with Gasteiger partial charge in [0.1, 0.15) is 0 Å². The molecule has 2 saturated heterocycles. The number of carboxylic acid groups (broad SMARTS) is 1. The summed E-state index contributed by atoms with van der Waals surface area (Å²) in [6, 6.07) is -0.0637. The topological polar surface area (TPSA) is 70.1 Å². The molecule has 20 heavy (non-hydrogen) atoms. The Morgan fingerprint density at radius 1 is 1.40 bits per heavy atom. The lowest BCUT2D eigenvalue weighted by Gasteiger charge is -2.30. The van der Waals surface area contributed by atoms with Gasteiger partial charge >= 0.3 is 12.0 Å². The van der Waals surface area contributed by atoms with Crippen molar-refractivity contribution in [2.45, 2.75) is 19.8 Å². The second-order valence-electron chi connectivity index (χ2n) is 6.07. The number of carbonyl (C=O) groups excluding carboxylic acids is 1. The third-order valence-electron chi connectivity index (χ3n) is 4.31. The Morgan fingerprint density at radius 3 is 2.70 bits per heavy atom. The highest BCUT2D eigenvalue weighted by Gasteiger charge is 2.38. The fourth-order valence-electron chi connectivity index (χ4n) is 3.10. The van der Waals surface area contributed by atoms with Crippen LogP contribution in [-0.4, -0.2) is 66.8 Å². The van der Waals surface area contributed by atoms with E-state index in [1.165, 1.54) is 0 Å². The Labute approximate surface area is 119 Å². The third-order valence-corrected chi connectivity index (χ3v) is 4.31. The van der Waals surface area contributed by atoms with E-state index in [9.17, 15) is 9.59 Å². The molecule has 1 N–H and O–H groups in total. The number of hydrogen-bond donors (Lipinski definition) is 1. The number of nitrogens with zero attached hydrogens (tertiary/aromatic N) is 2. The summed E-state index contributed by atoms with van der Waals surface area (Å²) in [7, 11) is 1.79. The first-order valence-electron chi connectivity index (χ1n) is 7.29. The van der Waals surface area contributed by atoms with Crippen LogP contribution in [0.5, 0.6) is 0 Å². The van der Waals surface area contributed by atoms with Crippen LogP contribution >= 0.6 is 0 Å². The maximum Gasteiger partial charge on any atom is 0.319 e. The summed E-state index contributed by atoms with van der Waals surface area (Å²) >= 11 is 0. The molecule has 2 fully saturated rings. The van der Waals surface area contributed by atoms with Gasteiger partial charge in [-0.05, 0) is 18.8 Å². The first-order chi connectivity index (χ1) is 9.49. The quantitative estimate of drug-likeness (QED) is 0.843. The van der Waals surface area contributed by atoms with Crippen molar-refractivity contribution in [3.8, 4) is 0 Å². The largest absolute Gasteiger partial charge is 0.481 e. The van der Waals surface area contributed by atoms with Gasteiger partial charge in [-0.3, -0.25) is 4.79 Å². The van der Waals surface area contributed by atoms with Crippen LogP contribution in [-0.2, 0) is 9.53 Å². The maximum absolute atomic E-state index is 12.4. The molecule has 0 aromatic heterocycles. The molecule has 2 amide bonds. The van der Waals surface area contributed by atoms with Gasteiger partial charge in [0.2, 0.25) is 0 Å². The van der Waals surface area contributed by atoms with E-state index in [0.717, 1.165) is 19.4 Å². The van der Waals surface area contributed by atoms with Crippen LogP contribution < -0.4 is 0 Å². The Kier molecular flexibility index (Phi) is 4.86. The van der Waals surface area contributed by atoms with Crippen molar-refractivity contribution in [2.24, 2.45) is 17.8 Å². The average molecular weight is 284 g/mol. The van der Waals surface area contributed by atoms with Crippen LogP contribution in [0.4, 0.5) is 4.79 Å². The summed E-state index contributed by atoms with van der Waals surface area (Å²) in [5.74, 6) is -0.836. The molecule has 6 nitrogen and oxygen atoms in total. The van der Waals surface area contributed by atoms with Crippen molar-refractivity contribution in [1.29, 1.82) is 0 Å². The molecule has 0 radical (unpaired) electrons. The summed E-state index contributed by atoms with van der Waals surface area (Å²) in [4.78, 5) is 26.8. The van der Waals surface area contributed by atoms with Crippen LogP contribution in [0.3, 0.4) is 0 Å². The van der Waals surface area contributed by atoms with Crippen molar-refractivity contribution in [3.05, 3.63) is 0 Å². The third kappa shape index (κ3) is 3.42. The number of aliphatic carboxylic acids is 1. The fraction of sp³-hybridized carbons (Fsp3) is 0.857. The molecule has 0 bridgehead atoms. The van der Waals surface area contributed by atoms with Gasteiger partial charge < -0.3 is 19.6 Å². The molecule has 0 aliphatic carbocycles. The number of carbonyl (C=O) groups is 2. The van der Waals surface area contributed by atoms with Crippen LogP contribution in [0.25, 0.3) is 0 Å². The molecule has 0 saturated carbocycles. The predicted molar refractivity (Wildman–Crippen MR) is 73.4 cm³/mol. The minimum atomic E-state index is -0.809. The Bertz CT molecular complexity index is 368. The highest BCUT2D eigenvalue weighted by molar-refractivity contribution is 5.77. The lowest BCUT2D eigenvalue weighted by Crippen LogP contribution is -2.43. The monoisotopic (exact) mass is 284 g/mol. The van der Waals surface area contributed by atoms with Gasteiger partial charge in [-0.15, -0.1) is 0 Å². The van der Waals surface area contributed by atoms with Crippen molar-refractivity contribution in [3.63, 3.8) is 0 Å². The second-order valence-corrected chi connectivity index (χ2v) is 6.07. The zero-order chi connectivity index (χ0) is 14.7. The van der Waals surface area contributed by atoms with Gasteiger partial charge in [-0.25, -0.2) is 4.79 Å². The van der Waals surface area contributed by atoms with E-state index in [4.69, 9.17) is 9.84 Å².